The quantitative estimate of drug-likeness (QED) is 0.628. The molecule has 1 aromatic heterocycles. The summed E-state index contributed by atoms with van der Waals surface area (Å²) in [6.45, 7) is 6.08. The van der Waals surface area contributed by atoms with Gasteiger partial charge in [0.25, 0.3) is 5.91 Å². The van der Waals surface area contributed by atoms with Crippen molar-refractivity contribution in [3.8, 4) is 0 Å². The topological polar surface area (TPSA) is 49.3 Å². The number of rotatable bonds is 3. The highest BCUT2D eigenvalue weighted by Gasteiger charge is 2.28. The smallest absolute Gasteiger partial charge is 0.257 e. The van der Waals surface area contributed by atoms with E-state index in [9.17, 15) is 4.79 Å². The molecule has 126 valence electrons. The van der Waals surface area contributed by atoms with Gasteiger partial charge in [0, 0.05) is 25.3 Å². The molecule has 0 radical (unpaired) electrons. The second-order valence-electron chi connectivity index (χ2n) is 6.48. The van der Waals surface area contributed by atoms with Gasteiger partial charge in [-0.2, -0.15) is 0 Å². The number of hydrogen-bond donors (Lipinski definition) is 0. The predicted octanol–water partition coefficient (Wildman–Crippen LogP) is 2.60. The van der Waals surface area contributed by atoms with Crippen molar-refractivity contribution in [1.29, 1.82) is 0 Å². The molecule has 2 fully saturated rings. The van der Waals surface area contributed by atoms with E-state index in [2.05, 4.69) is 14.9 Å². The number of carbonyl (C=O) groups is 1. The molecule has 2 aliphatic rings. The summed E-state index contributed by atoms with van der Waals surface area (Å²) in [6.07, 6.45) is 9.85. The Balaban J connectivity index is 1.59. The lowest BCUT2D eigenvalue weighted by Crippen LogP contribution is -2.48. The van der Waals surface area contributed by atoms with E-state index >= 15 is 0 Å². The first-order valence-corrected chi connectivity index (χ1v) is 9.82. The Bertz CT molecular complexity index is 552. The molecule has 0 bridgehead atoms. The molecule has 2 aliphatic heterocycles. The van der Waals surface area contributed by atoms with Crippen LogP contribution in [0.4, 0.5) is 0 Å². The molecule has 0 spiro atoms. The molecule has 1 amide bonds. The molecular formula is C17H26N4OS. The third-order valence-electron chi connectivity index (χ3n) is 5.03. The summed E-state index contributed by atoms with van der Waals surface area (Å²) in [4.78, 5) is 26.0. The van der Waals surface area contributed by atoms with E-state index in [0.717, 1.165) is 36.8 Å². The number of likely N-dealkylation sites (tertiary alicyclic amines) is 2. The summed E-state index contributed by atoms with van der Waals surface area (Å²) in [6, 6.07) is 0.663. The van der Waals surface area contributed by atoms with E-state index in [1.807, 2.05) is 18.1 Å². The zero-order valence-electron chi connectivity index (χ0n) is 14.1. The van der Waals surface area contributed by atoms with Crippen LogP contribution in [0.2, 0.25) is 0 Å². The lowest BCUT2D eigenvalue weighted by Gasteiger charge is -2.40. The first-order valence-electron chi connectivity index (χ1n) is 8.60. The Morgan fingerprint density at radius 2 is 1.87 bits per heavy atom. The van der Waals surface area contributed by atoms with Crippen molar-refractivity contribution in [3.63, 3.8) is 0 Å². The van der Waals surface area contributed by atoms with E-state index in [4.69, 9.17) is 0 Å². The maximum atomic E-state index is 12.7. The Morgan fingerprint density at radius 3 is 2.48 bits per heavy atom. The SMILES string of the molecule is CSc1ncc(C(=O)N2CCC(N3CCCCC3)CC2)c(C)n1. The van der Waals surface area contributed by atoms with Crippen LogP contribution in [-0.4, -0.2) is 64.2 Å². The van der Waals surface area contributed by atoms with Gasteiger partial charge < -0.3 is 9.80 Å². The first kappa shape index (κ1) is 16.7. The van der Waals surface area contributed by atoms with Crippen LogP contribution in [0, 0.1) is 6.92 Å². The van der Waals surface area contributed by atoms with Gasteiger partial charge in [-0.15, -0.1) is 0 Å². The third kappa shape index (κ3) is 3.86. The number of amides is 1. The Morgan fingerprint density at radius 1 is 1.17 bits per heavy atom. The average Bonchev–Trinajstić information content (AvgIpc) is 2.62. The summed E-state index contributed by atoms with van der Waals surface area (Å²) < 4.78 is 0. The normalized spacial score (nSPS) is 20.7. The van der Waals surface area contributed by atoms with Gasteiger partial charge in [0.05, 0.1) is 11.3 Å². The maximum absolute atomic E-state index is 12.7. The van der Waals surface area contributed by atoms with Gasteiger partial charge in [-0.05, 0) is 52.0 Å². The molecule has 6 heteroatoms. The molecule has 2 saturated heterocycles. The molecule has 0 unspecified atom stereocenters. The van der Waals surface area contributed by atoms with Crippen molar-refractivity contribution >= 4 is 17.7 Å². The van der Waals surface area contributed by atoms with Gasteiger partial charge in [-0.3, -0.25) is 4.79 Å². The molecule has 5 nitrogen and oxygen atoms in total. The third-order valence-corrected chi connectivity index (χ3v) is 5.59. The summed E-state index contributed by atoms with van der Waals surface area (Å²) in [7, 11) is 0. The highest BCUT2D eigenvalue weighted by Crippen LogP contribution is 2.22. The van der Waals surface area contributed by atoms with E-state index in [0.29, 0.717) is 11.6 Å². The molecule has 3 rings (SSSR count). The van der Waals surface area contributed by atoms with Gasteiger partial charge in [-0.1, -0.05) is 18.2 Å². The molecule has 0 aromatic carbocycles. The first-order chi connectivity index (χ1) is 11.2. The van der Waals surface area contributed by atoms with Crippen molar-refractivity contribution in [3.05, 3.63) is 17.5 Å². The summed E-state index contributed by atoms with van der Waals surface area (Å²) in [5, 5.41) is 0.725. The van der Waals surface area contributed by atoms with Crippen molar-refractivity contribution in [2.45, 2.75) is 50.2 Å². The average molecular weight is 334 g/mol. The number of aromatic nitrogens is 2. The second-order valence-corrected chi connectivity index (χ2v) is 7.25. The van der Waals surface area contributed by atoms with Gasteiger partial charge in [-0.25, -0.2) is 9.97 Å². The van der Waals surface area contributed by atoms with E-state index < -0.39 is 0 Å². The summed E-state index contributed by atoms with van der Waals surface area (Å²) in [5.41, 5.74) is 1.44. The maximum Gasteiger partial charge on any atom is 0.257 e. The molecule has 0 aliphatic carbocycles. The second kappa shape index (κ2) is 7.62. The predicted molar refractivity (Wildman–Crippen MR) is 92.9 cm³/mol. The number of hydrogen-bond acceptors (Lipinski definition) is 5. The molecule has 3 heterocycles. The zero-order chi connectivity index (χ0) is 16.2. The minimum absolute atomic E-state index is 0.0900. The van der Waals surface area contributed by atoms with Crippen LogP contribution in [0.15, 0.2) is 11.4 Å². The molecule has 0 saturated carbocycles. The minimum atomic E-state index is 0.0900. The fraction of sp³-hybridized carbons (Fsp3) is 0.706. The van der Waals surface area contributed by atoms with Crippen molar-refractivity contribution < 1.29 is 4.79 Å². The number of nitrogens with zero attached hydrogens (tertiary/aromatic N) is 4. The largest absolute Gasteiger partial charge is 0.338 e. The standard InChI is InChI=1S/C17H26N4OS/c1-13-15(12-18-17(19-13)23-2)16(22)21-10-6-14(7-11-21)20-8-4-3-5-9-20/h12,14H,3-11H2,1-2H3. The van der Waals surface area contributed by atoms with E-state index in [-0.39, 0.29) is 5.91 Å². The van der Waals surface area contributed by atoms with Crippen LogP contribution >= 0.6 is 11.8 Å². The lowest BCUT2D eigenvalue weighted by atomic mass is 9.99. The molecule has 0 N–H and O–H groups in total. The van der Waals surface area contributed by atoms with Gasteiger partial charge in [0.2, 0.25) is 0 Å². The Hall–Kier alpha value is -1.14. The van der Waals surface area contributed by atoms with E-state index in [1.54, 1.807) is 6.20 Å². The number of carbonyl (C=O) groups excluding carboxylic acids is 1. The number of piperidine rings is 2. The molecular weight excluding hydrogens is 308 g/mol. The van der Waals surface area contributed by atoms with Crippen molar-refractivity contribution in [2.24, 2.45) is 0 Å². The van der Waals surface area contributed by atoms with Crippen molar-refractivity contribution in [2.75, 3.05) is 32.4 Å². The Labute approximate surface area is 142 Å². The number of thioether (sulfide) groups is 1. The molecule has 23 heavy (non-hydrogen) atoms. The van der Waals surface area contributed by atoms with Crippen LogP contribution in [0.25, 0.3) is 0 Å². The van der Waals surface area contributed by atoms with Crippen LogP contribution < -0.4 is 0 Å². The zero-order valence-corrected chi connectivity index (χ0v) is 14.9. The van der Waals surface area contributed by atoms with Crippen LogP contribution in [-0.2, 0) is 0 Å². The minimum Gasteiger partial charge on any atom is -0.338 e. The monoisotopic (exact) mass is 334 g/mol. The van der Waals surface area contributed by atoms with E-state index in [1.165, 1.54) is 44.1 Å². The lowest BCUT2D eigenvalue weighted by molar-refractivity contribution is 0.0588. The highest BCUT2D eigenvalue weighted by molar-refractivity contribution is 7.98. The highest BCUT2D eigenvalue weighted by atomic mass is 32.2. The van der Waals surface area contributed by atoms with Gasteiger partial charge >= 0.3 is 0 Å². The molecule has 0 atom stereocenters. The number of aryl methyl sites for hydroxylation is 1. The van der Waals surface area contributed by atoms with Crippen molar-refractivity contribution in [1.82, 2.24) is 19.8 Å². The van der Waals surface area contributed by atoms with Crippen LogP contribution in [0.1, 0.15) is 48.2 Å². The summed E-state index contributed by atoms with van der Waals surface area (Å²) >= 11 is 1.50. The summed E-state index contributed by atoms with van der Waals surface area (Å²) in [5.74, 6) is 0.0900. The van der Waals surface area contributed by atoms with Gasteiger partial charge in [0.15, 0.2) is 5.16 Å². The molecule has 1 aromatic rings. The van der Waals surface area contributed by atoms with Crippen LogP contribution in [0.5, 0.6) is 0 Å². The van der Waals surface area contributed by atoms with Gasteiger partial charge in [0.1, 0.15) is 0 Å². The fourth-order valence-corrected chi connectivity index (χ4v) is 4.03. The Kier molecular flexibility index (Phi) is 5.54. The van der Waals surface area contributed by atoms with Crippen LogP contribution in [0.3, 0.4) is 0 Å². The fourth-order valence-electron chi connectivity index (χ4n) is 3.64.